The van der Waals surface area contributed by atoms with E-state index in [0.29, 0.717) is 25.0 Å². The summed E-state index contributed by atoms with van der Waals surface area (Å²) in [6, 6.07) is 0. The second-order valence-electron chi connectivity index (χ2n) is 6.45. The van der Waals surface area contributed by atoms with Gasteiger partial charge in [-0.2, -0.15) is 0 Å². The summed E-state index contributed by atoms with van der Waals surface area (Å²) in [5.74, 6) is 1.22. The maximum Gasteiger partial charge on any atom is 0.0897 e. The molecule has 2 atom stereocenters. The van der Waals surface area contributed by atoms with Gasteiger partial charge in [0.1, 0.15) is 0 Å². The van der Waals surface area contributed by atoms with Crippen LogP contribution in [0.3, 0.4) is 0 Å². The van der Waals surface area contributed by atoms with Gasteiger partial charge in [0.2, 0.25) is 0 Å². The Morgan fingerprint density at radius 1 is 1.00 bits per heavy atom. The van der Waals surface area contributed by atoms with Crippen molar-refractivity contribution in [2.45, 2.75) is 59.7 Å². The zero-order valence-corrected chi connectivity index (χ0v) is 14.0. The van der Waals surface area contributed by atoms with Gasteiger partial charge in [0.25, 0.3) is 0 Å². The molecule has 0 rings (SSSR count). The van der Waals surface area contributed by atoms with Crippen LogP contribution in [0.2, 0.25) is 0 Å². The van der Waals surface area contributed by atoms with Gasteiger partial charge in [-0.1, -0.05) is 27.7 Å². The third-order valence-electron chi connectivity index (χ3n) is 2.85. The third kappa shape index (κ3) is 14.3. The molecule has 0 bridgehead atoms. The van der Waals surface area contributed by atoms with Crippen molar-refractivity contribution in [3.05, 3.63) is 0 Å². The Morgan fingerprint density at radius 3 is 2.30 bits per heavy atom. The number of hydrogen-bond acceptors (Lipinski definition) is 4. The first-order valence-corrected chi connectivity index (χ1v) is 8.00. The van der Waals surface area contributed by atoms with E-state index in [9.17, 15) is 5.11 Å². The molecule has 0 fully saturated rings. The van der Waals surface area contributed by atoms with Crippen molar-refractivity contribution < 1.29 is 14.6 Å². The highest BCUT2D eigenvalue weighted by Gasteiger charge is 2.09. The van der Waals surface area contributed by atoms with Gasteiger partial charge in [-0.15, -0.1) is 0 Å². The highest BCUT2D eigenvalue weighted by molar-refractivity contribution is 4.61. The summed E-state index contributed by atoms with van der Waals surface area (Å²) in [5, 5.41) is 13.0. The lowest BCUT2D eigenvalue weighted by Crippen LogP contribution is -2.32. The second-order valence-corrected chi connectivity index (χ2v) is 6.45. The second kappa shape index (κ2) is 12.6. The molecule has 0 aliphatic rings. The number of hydrogen-bond donors (Lipinski definition) is 2. The number of nitrogens with one attached hydrogen (secondary N) is 1. The van der Waals surface area contributed by atoms with Gasteiger partial charge in [0.15, 0.2) is 0 Å². The van der Waals surface area contributed by atoms with Crippen LogP contribution < -0.4 is 5.32 Å². The van der Waals surface area contributed by atoms with Crippen molar-refractivity contribution in [2.75, 3.05) is 32.9 Å². The number of aliphatic hydroxyl groups excluding tert-OH is 1. The average Bonchev–Trinajstić information content (AvgIpc) is 2.34. The van der Waals surface area contributed by atoms with Gasteiger partial charge < -0.3 is 19.9 Å². The van der Waals surface area contributed by atoms with Crippen LogP contribution in [0, 0.1) is 11.8 Å². The number of aliphatic hydroxyl groups is 1. The fraction of sp³-hybridized carbons (Fsp3) is 1.00. The predicted octanol–water partition coefficient (Wildman–Crippen LogP) is 2.45. The zero-order valence-electron chi connectivity index (χ0n) is 14.0. The van der Waals surface area contributed by atoms with Crippen LogP contribution in [-0.2, 0) is 9.47 Å². The molecule has 0 aromatic rings. The van der Waals surface area contributed by atoms with E-state index in [4.69, 9.17) is 9.47 Å². The largest absolute Gasteiger partial charge is 0.389 e. The summed E-state index contributed by atoms with van der Waals surface area (Å²) in [6.45, 7) is 14.2. The Balaban J connectivity index is 3.34. The molecular weight excluding hydrogens is 254 g/mol. The minimum absolute atomic E-state index is 0.217. The van der Waals surface area contributed by atoms with Gasteiger partial charge >= 0.3 is 0 Å². The molecule has 0 aliphatic heterocycles. The molecule has 0 aliphatic carbocycles. The molecule has 20 heavy (non-hydrogen) atoms. The predicted molar refractivity (Wildman–Crippen MR) is 84.0 cm³/mol. The summed E-state index contributed by atoms with van der Waals surface area (Å²) >= 11 is 0. The van der Waals surface area contributed by atoms with Gasteiger partial charge in [-0.3, -0.25) is 0 Å². The van der Waals surface area contributed by atoms with Crippen LogP contribution in [0.25, 0.3) is 0 Å². The van der Waals surface area contributed by atoms with Crippen molar-refractivity contribution in [1.29, 1.82) is 0 Å². The van der Waals surface area contributed by atoms with Crippen LogP contribution in [0.15, 0.2) is 0 Å². The first kappa shape index (κ1) is 19.8. The Kier molecular flexibility index (Phi) is 12.5. The van der Waals surface area contributed by atoms with Gasteiger partial charge in [0, 0.05) is 19.8 Å². The standard InChI is InChI=1S/C16H35NO3/c1-13(2)9-15(5)20-12-16(18)10-17-7-6-8-19-11-14(3)4/h13-18H,6-12H2,1-5H3. The maximum atomic E-state index is 9.79. The SMILES string of the molecule is CC(C)COCCCNCC(O)COC(C)CC(C)C. The van der Waals surface area contributed by atoms with Crippen molar-refractivity contribution in [3.63, 3.8) is 0 Å². The topological polar surface area (TPSA) is 50.7 Å². The zero-order chi connectivity index (χ0) is 15.4. The molecule has 0 saturated carbocycles. The minimum atomic E-state index is -0.429. The first-order chi connectivity index (χ1) is 9.41. The number of rotatable bonds is 13. The smallest absolute Gasteiger partial charge is 0.0897 e. The quantitative estimate of drug-likeness (QED) is 0.511. The average molecular weight is 289 g/mol. The van der Waals surface area contributed by atoms with E-state index in [2.05, 4.69) is 39.9 Å². The fourth-order valence-electron chi connectivity index (χ4n) is 1.95. The minimum Gasteiger partial charge on any atom is -0.389 e. The summed E-state index contributed by atoms with van der Waals surface area (Å²) < 4.78 is 11.1. The lowest BCUT2D eigenvalue weighted by atomic mass is 10.1. The summed E-state index contributed by atoms with van der Waals surface area (Å²) in [7, 11) is 0. The molecule has 0 saturated heterocycles. The molecule has 0 spiro atoms. The van der Waals surface area contributed by atoms with Crippen LogP contribution in [0.5, 0.6) is 0 Å². The van der Waals surface area contributed by atoms with Crippen LogP contribution >= 0.6 is 0 Å². The lowest BCUT2D eigenvalue weighted by Gasteiger charge is -2.18. The summed E-state index contributed by atoms with van der Waals surface area (Å²) in [4.78, 5) is 0. The van der Waals surface area contributed by atoms with E-state index in [-0.39, 0.29) is 6.10 Å². The highest BCUT2D eigenvalue weighted by atomic mass is 16.5. The van der Waals surface area contributed by atoms with Crippen molar-refractivity contribution in [3.8, 4) is 0 Å². The Hall–Kier alpha value is -0.160. The Morgan fingerprint density at radius 2 is 1.70 bits per heavy atom. The summed E-state index contributed by atoms with van der Waals surface area (Å²) in [6.07, 6.45) is 1.80. The molecule has 122 valence electrons. The monoisotopic (exact) mass is 289 g/mol. The van der Waals surface area contributed by atoms with Crippen molar-refractivity contribution in [1.82, 2.24) is 5.32 Å². The number of ether oxygens (including phenoxy) is 2. The van der Waals surface area contributed by atoms with Gasteiger partial charge in [-0.25, -0.2) is 0 Å². The summed E-state index contributed by atoms with van der Waals surface area (Å²) in [5.41, 5.74) is 0. The molecule has 0 radical (unpaired) electrons. The lowest BCUT2D eigenvalue weighted by molar-refractivity contribution is -0.00859. The molecule has 0 aromatic carbocycles. The van der Waals surface area contributed by atoms with E-state index in [0.717, 1.165) is 32.6 Å². The van der Waals surface area contributed by atoms with E-state index in [1.165, 1.54) is 0 Å². The molecule has 4 nitrogen and oxygen atoms in total. The van der Waals surface area contributed by atoms with Crippen LogP contribution in [0.4, 0.5) is 0 Å². The van der Waals surface area contributed by atoms with Gasteiger partial charge in [0.05, 0.1) is 18.8 Å². The molecule has 0 heterocycles. The third-order valence-corrected chi connectivity index (χ3v) is 2.85. The Labute approximate surface area is 125 Å². The molecule has 4 heteroatoms. The van der Waals surface area contributed by atoms with E-state index >= 15 is 0 Å². The first-order valence-electron chi connectivity index (χ1n) is 8.00. The maximum absolute atomic E-state index is 9.79. The fourth-order valence-corrected chi connectivity index (χ4v) is 1.95. The molecular formula is C16H35NO3. The van der Waals surface area contributed by atoms with E-state index in [1.54, 1.807) is 0 Å². The van der Waals surface area contributed by atoms with Crippen molar-refractivity contribution >= 4 is 0 Å². The molecule has 0 amide bonds. The van der Waals surface area contributed by atoms with E-state index < -0.39 is 6.10 Å². The van der Waals surface area contributed by atoms with Gasteiger partial charge in [-0.05, 0) is 38.1 Å². The molecule has 2 N–H and O–H groups in total. The highest BCUT2D eigenvalue weighted by Crippen LogP contribution is 2.07. The van der Waals surface area contributed by atoms with Crippen molar-refractivity contribution in [2.24, 2.45) is 11.8 Å². The van der Waals surface area contributed by atoms with Crippen LogP contribution in [-0.4, -0.2) is 50.2 Å². The normalized spacial score (nSPS) is 15.0. The molecule has 2 unspecified atom stereocenters. The van der Waals surface area contributed by atoms with Crippen LogP contribution in [0.1, 0.15) is 47.5 Å². The van der Waals surface area contributed by atoms with E-state index in [1.807, 2.05) is 0 Å². The Bertz CT molecular complexity index is 210. The molecule has 0 aromatic heterocycles.